The predicted octanol–water partition coefficient (Wildman–Crippen LogP) is 2.82. The molecule has 1 aromatic carbocycles. The van der Waals surface area contributed by atoms with E-state index in [2.05, 4.69) is 5.32 Å². The molecule has 0 aliphatic carbocycles. The molecule has 122 valence electrons. The third-order valence-corrected chi connectivity index (χ3v) is 3.75. The number of urea groups is 1. The van der Waals surface area contributed by atoms with Crippen LogP contribution in [0.1, 0.15) is 24.0 Å². The summed E-state index contributed by atoms with van der Waals surface area (Å²) in [4.78, 5) is 37.7. The van der Waals surface area contributed by atoms with E-state index in [0.717, 1.165) is 16.9 Å². The van der Waals surface area contributed by atoms with Crippen LogP contribution >= 0.6 is 0 Å². The Morgan fingerprint density at radius 1 is 1.08 bits per heavy atom. The van der Waals surface area contributed by atoms with Crippen molar-refractivity contribution in [3.8, 4) is 0 Å². The van der Waals surface area contributed by atoms with Crippen LogP contribution in [0.5, 0.6) is 0 Å². The Bertz CT molecular complexity index is 846. The number of hydrogen-bond acceptors (Lipinski definition) is 4. The van der Waals surface area contributed by atoms with E-state index in [0.29, 0.717) is 17.2 Å². The Hall–Kier alpha value is -3.15. The Kier molecular flexibility index (Phi) is 4.04. The molecule has 4 amide bonds. The lowest BCUT2D eigenvalue weighted by atomic mass is 10.1. The molecule has 0 unspecified atom stereocenters. The third-order valence-electron chi connectivity index (χ3n) is 3.75. The minimum absolute atomic E-state index is 0.150. The SMILES string of the molecule is CCc1ccc(N2C(=O)NC(=O)/C(=C\c3ccc(C)o3)C2=O)cc1. The molecule has 0 saturated carbocycles. The first kappa shape index (κ1) is 15.7. The second-order valence-electron chi connectivity index (χ2n) is 5.43. The number of carbonyl (C=O) groups excluding carboxylic acids is 3. The lowest BCUT2D eigenvalue weighted by molar-refractivity contribution is -0.122. The van der Waals surface area contributed by atoms with Gasteiger partial charge in [-0.05, 0) is 49.2 Å². The van der Waals surface area contributed by atoms with E-state index in [1.165, 1.54) is 6.08 Å². The van der Waals surface area contributed by atoms with E-state index in [4.69, 9.17) is 4.42 Å². The molecule has 1 aliphatic heterocycles. The van der Waals surface area contributed by atoms with E-state index in [1.807, 2.05) is 19.1 Å². The molecule has 0 spiro atoms. The Balaban J connectivity index is 1.97. The summed E-state index contributed by atoms with van der Waals surface area (Å²) in [5, 5.41) is 2.18. The number of imide groups is 2. The number of aryl methyl sites for hydroxylation is 2. The quantitative estimate of drug-likeness (QED) is 0.695. The summed E-state index contributed by atoms with van der Waals surface area (Å²) >= 11 is 0. The first-order valence-electron chi connectivity index (χ1n) is 7.56. The van der Waals surface area contributed by atoms with E-state index >= 15 is 0 Å². The van der Waals surface area contributed by atoms with Crippen molar-refractivity contribution in [2.24, 2.45) is 0 Å². The number of benzene rings is 1. The maximum absolute atomic E-state index is 12.6. The van der Waals surface area contributed by atoms with Gasteiger partial charge in [-0.2, -0.15) is 0 Å². The maximum atomic E-state index is 12.6. The summed E-state index contributed by atoms with van der Waals surface area (Å²) in [5.74, 6) is -0.377. The van der Waals surface area contributed by atoms with Crippen LogP contribution in [0, 0.1) is 6.92 Å². The van der Waals surface area contributed by atoms with Crippen molar-refractivity contribution in [1.82, 2.24) is 5.32 Å². The van der Waals surface area contributed by atoms with Gasteiger partial charge in [0.05, 0.1) is 5.69 Å². The summed E-state index contributed by atoms with van der Waals surface area (Å²) < 4.78 is 5.37. The summed E-state index contributed by atoms with van der Waals surface area (Å²) in [6.45, 7) is 3.77. The molecule has 3 rings (SSSR count). The molecular weight excluding hydrogens is 308 g/mol. The van der Waals surface area contributed by atoms with Gasteiger partial charge < -0.3 is 4.42 Å². The highest BCUT2D eigenvalue weighted by atomic mass is 16.3. The zero-order valence-electron chi connectivity index (χ0n) is 13.3. The topological polar surface area (TPSA) is 79.6 Å². The van der Waals surface area contributed by atoms with Gasteiger partial charge in [0.2, 0.25) is 0 Å². The molecule has 2 heterocycles. The molecule has 6 heteroatoms. The van der Waals surface area contributed by atoms with Crippen molar-refractivity contribution in [2.45, 2.75) is 20.3 Å². The molecule has 2 aromatic rings. The molecule has 1 aliphatic rings. The van der Waals surface area contributed by atoms with Crippen LogP contribution in [0.25, 0.3) is 6.08 Å². The normalized spacial score (nSPS) is 16.7. The number of amides is 4. The molecule has 1 aromatic heterocycles. The molecular formula is C18H16N2O4. The largest absolute Gasteiger partial charge is 0.462 e. The lowest BCUT2D eigenvalue weighted by Crippen LogP contribution is -2.54. The molecule has 0 bridgehead atoms. The number of nitrogens with one attached hydrogen (secondary N) is 1. The molecule has 1 N–H and O–H groups in total. The van der Waals surface area contributed by atoms with Crippen LogP contribution in [-0.2, 0) is 16.0 Å². The number of carbonyl (C=O) groups is 3. The fourth-order valence-electron chi connectivity index (χ4n) is 2.45. The number of anilines is 1. The van der Waals surface area contributed by atoms with Gasteiger partial charge >= 0.3 is 6.03 Å². The molecule has 1 saturated heterocycles. The van der Waals surface area contributed by atoms with Crippen molar-refractivity contribution < 1.29 is 18.8 Å². The van der Waals surface area contributed by atoms with Crippen LogP contribution in [0.2, 0.25) is 0 Å². The third kappa shape index (κ3) is 2.86. The highest BCUT2D eigenvalue weighted by Gasteiger charge is 2.36. The van der Waals surface area contributed by atoms with E-state index < -0.39 is 17.8 Å². The van der Waals surface area contributed by atoms with Gasteiger partial charge in [0.1, 0.15) is 17.1 Å². The second-order valence-corrected chi connectivity index (χ2v) is 5.43. The second kappa shape index (κ2) is 6.16. The average molecular weight is 324 g/mol. The van der Waals surface area contributed by atoms with Crippen molar-refractivity contribution in [1.29, 1.82) is 0 Å². The molecule has 1 fully saturated rings. The number of nitrogens with zero attached hydrogens (tertiary/aromatic N) is 1. The summed E-state index contributed by atoms with van der Waals surface area (Å²) in [7, 11) is 0. The van der Waals surface area contributed by atoms with E-state index in [-0.39, 0.29) is 5.57 Å². The average Bonchev–Trinajstić information content (AvgIpc) is 2.97. The Morgan fingerprint density at radius 3 is 2.38 bits per heavy atom. The predicted molar refractivity (Wildman–Crippen MR) is 88.3 cm³/mol. The van der Waals surface area contributed by atoms with Gasteiger partial charge in [-0.15, -0.1) is 0 Å². The Morgan fingerprint density at radius 2 is 1.79 bits per heavy atom. The highest BCUT2D eigenvalue weighted by molar-refractivity contribution is 6.39. The fourth-order valence-corrected chi connectivity index (χ4v) is 2.45. The van der Waals surface area contributed by atoms with Crippen LogP contribution in [-0.4, -0.2) is 17.8 Å². The van der Waals surface area contributed by atoms with Crippen LogP contribution in [0.4, 0.5) is 10.5 Å². The van der Waals surface area contributed by atoms with Gasteiger partial charge in [0, 0.05) is 0 Å². The van der Waals surface area contributed by atoms with Crippen molar-refractivity contribution >= 4 is 29.6 Å². The number of barbiturate groups is 1. The maximum Gasteiger partial charge on any atom is 0.335 e. The van der Waals surface area contributed by atoms with Crippen molar-refractivity contribution in [3.63, 3.8) is 0 Å². The van der Waals surface area contributed by atoms with Crippen LogP contribution < -0.4 is 10.2 Å². The van der Waals surface area contributed by atoms with Gasteiger partial charge in [-0.25, -0.2) is 9.69 Å². The number of furan rings is 1. The summed E-state index contributed by atoms with van der Waals surface area (Å²) in [5.41, 5.74) is 1.34. The number of rotatable bonds is 3. The first-order valence-corrected chi connectivity index (χ1v) is 7.56. The lowest BCUT2D eigenvalue weighted by Gasteiger charge is -2.26. The first-order chi connectivity index (χ1) is 11.5. The monoisotopic (exact) mass is 324 g/mol. The molecule has 0 atom stereocenters. The highest BCUT2D eigenvalue weighted by Crippen LogP contribution is 2.23. The van der Waals surface area contributed by atoms with E-state index in [1.54, 1.807) is 31.2 Å². The smallest absolute Gasteiger partial charge is 0.335 e. The number of hydrogen-bond donors (Lipinski definition) is 1. The standard InChI is InChI=1S/C18H16N2O4/c1-3-12-5-7-13(8-6-12)20-17(22)15(16(21)19-18(20)23)10-14-9-4-11(2)24-14/h4-10H,3H2,1-2H3,(H,19,21,23)/b15-10+. The molecule has 24 heavy (non-hydrogen) atoms. The van der Waals surface area contributed by atoms with Crippen molar-refractivity contribution in [3.05, 3.63) is 59.1 Å². The minimum atomic E-state index is -0.762. The van der Waals surface area contributed by atoms with E-state index in [9.17, 15) is 14.4 Å². The van der Waals surface area contributed by atoms with Crippen LogP contribution in [0.3, 0.4) is 0 Å². The Labute approximate surface area is 138 Å². The minimum Gasteiger partial charge on any atom is -0.462 e. The molecule has 6 nitrogen and oxygen atoms in total. The zero-order valence-corrected chi connectivity index (χ0v) is 13.3. The van der Waals surface area contributed by atoms with Gasteiger partial charge in [-0.3, -0.25) is 14.9 Å². The zero-order chi connectivity index (χ0) is 17.3. The van der Waals surface area contributed by atoms with Crippen molar-refractivity contribution in [2.75, 3.05) is 4.90 Å². The summed E-state index contributed by atoms with van der Waals surface area (Å²) in [6, 6.07) is 9.66. The van der Waals surface area contributed by atoms with Crippen LogP contribution in [0.15, 0.2) is 46.4 Å². The molecule has 0 radical (unpaired) electrons. The van der Waals surface area contributed by atoms with Gasteiger partial charge in [-0.1, -0.05) is 19.1 Å². The van der Waals surface area contributed by atoms with Gasteiger partial charge in [0.15, 0.2) is 0 Å². The fraction of sp³-hybridized carbons (Fsp3) is 0.167. The van der Waals surface area contributed by atoms with Gasteiger partial charge in [0.25, 0.3) is 11.8 Å². The summed E-state index contributed by atoms with van der Waals surface area (Å²) in [6.07, 6.45) is 2.19.